The van der Waals surface area contributed by atoms with E-state index in [0.29, 0.717) is 0 Å². The third-order valence-corrected chi connectivity index (χ3v) is 6.79. The Bertz CT molecular complexity index is 1770. The summed E-state index contributed by atoms with van der Waals surface area (Å²) in [6, 6.07) is 29.2. The predicted molar refractivity (Wildman–Crippen MR) is 150 cm³/mol. The summed E-state index contributed by atoms with van der Waals surface area (Å²) >= 11 is 0. The van der Waals surface area contributed by atoms with Crippen molar-refractivity contribution in [1.82, 2.24) is 19.3 Å². The standard InChI is InChI=1S/C32H30N4O/c1-21-17-22(2)36(34-21)24-9-8-10-25(19-24)37-26-13-14-28-27-11-6-7-12-29(27)35(30(28)20-26)31-18-23(15-16-33-31)32(3,4)5/h6-20H,1-5H3. The lowest BCUT2D eigenvalue weighted by Gasteiger charge is -2.20. The van der Waals surface area contributed by atoms with E-state index in [1.54, 1.807) is 0 Å². The molecule has 0 spiro atoms. The van der Waals surface area contributed by atoms with Crippen LogP contribution in [0.5, 0.6) is 11.5 Å². The van der Waals surface area contributed by atoms with Crippen molar-refractivity contribution in [2.45, 2.75) is 40.0 Å². The molecule has 0 bridgehead atoms. The second kappa shape index (κ2) is 8.63. The Morgan fingerprint density at radius 2 is 1.51 bits per heavy atom. The number of para-hydroxylation sites is 1. The number of rotatable bonds is 4. The highest BCUT2D eigenvalue weighted by molar-refractivity contribution is 6.09. The van der Waals surface area contributed by atoms with Crippen molar-refractivity contribution in [2.75, 3.05) is 0 Å². The van der Waals surface area contributed by atoms with Gasteiger partial charge in [0, 0.05) is 34.8 Å². The number of hydrogen-bond acceptors (Lipinski definition) is 3. The number of pyridine rings is 1. The zero-order chi connectivity index (χ0) is 25.7. The van der Waals surface area contributed by atoms with Crippen LogP contribution in [0.4, 0.5) is 0 Å². The molecular formula is C32H30N4O. The summed E-state index contributed by atoms with van der Waals surface area (Å²) in [5, 5.41) is 6.98. The molecule has 37 heavy (non-hydrogen) atoms. The van der Waals surface area contributed by atoms with Crippen LogP contribution < -0.4 is 4.74 Å². The molecule has 5 heteroatoms. The zero-order valence-electron chi connectivity index (χ0n) is 21.9. The van der Waals surface area contributed by atoms with E-state index in [0.717, 1.165) is 45.4 Å². The lowest BCUT2D eigenvalue weighted by atomic mass is 9.88. The molecule has 0 amide bonds. The zero-order valence-corrected chi connectivity index (χ0v) is 21.9. The van der Waals surface area contributed by atoms with Crippen LogP contribution in [0.3, 0.4) is 0 Å². The van der Waals surface area contributed by atoms with Crippen molar-refractivity contribution in [1.29, 1.82) is 0 Å². The van der Waals surface area contributed by atoms with Gasteiger partial charge in [-0.3, -0.25) is 4.57 Å². The van der Waals surface area contributed by atoms with Crippen molar-refractivity contribution < 1.29 is 4.74 Å². The highest BCUT2D eigenvalue weighted by Crippen LogP contribution is 2.36. The Labute approximate surface area is 217 Å². The molecule has 6 aromatic rings. The molecule has 3 aromatic heterocycles. The van der Waals surface area contributed by atoms with Crippen LogP contribution in [0.2, 0.25) is 0 Å². The fourth-order valence-corrected chi connectivity index (χ4v) is 4.97. The number of aromatic nitrogens is 4. The maximum atomic E-state index is 6.39. The molecule has 5 nitrogen and oxygen atoms in total. The van der Waals surface area contributed by atoms with Gasteiger partial charge >= 0.3 is 0 Å². The van der Waals surface area contributed by atoms with Crippen LogP contribution in [-0.4, -0.2) is 19.3 Å². The SMILES string of the molecule is Cc1cc(C)n(-c2cccc(Oc3ccc4c5ccccc5n(-c5cc(C(C)(C)C)ccn5)c4c3)c2)n1. The highest BCUT2D eigenvalue weighted by Gasteiger charge is 2.18. The number of hydrogen-bond donors (Lipinski definition) is 0. The third kappa shape index (κ3) is 4.16. The molecule has 0 saturated carbocycles. The number of aryl methyl sites for hydroxylation is 2. The first-order chi connectivity index (χ1) is 17.8. The first-order valence-electron chi connectivity index (χ1n) is 12.6. The van der Waals surface area contributed by atoms with Crippen molar-refractivity contribution >= 4 is 21.8 Å². The second-order valence-corrected chi connectivity index (χ2v) is 10.6. The molecule has 6 rings (SSSR count). The number of fused-ring (bicyclic) bond motifs is 3. The van der Waals surface area contributed by atoms with Gasteiger partial charge in [0.2, 0.25) is 0 Å². The van der Waals surface area contributed by atoms with Crippen LogP contribution in [0.1, 0.15) is 37.7 Å². The van der Waals surface area contributed by atoms with Crippen molar-refractivity contribution in [3.63, 3.8) is 0 Å². The molecule has 0 aliphatic heterocycles. The van der Waals surface area contributed by atoms with Crippen LogP contribution in [0.15, 0.2) is 91.1 Å². The molecule has 0 radical (unpaired) electrons. The minimum Gasteiger partial charge on any atom is -0.457 e. The highest BCUT2D eigenvalue weighted by atomic mass is 16.5. The molecule has 0 atom stereocenters. The lowest BCUT2D eigenvalue weighted by Crippen LogP contribution is -2.12. The summed E-state index contributed by atoms with van der Waals surface area (Å²) in [6.07, 6.45) is 1.90. The van der Waals surface area contributed by atoms with E-state index < -0.39 is 0 Å². The topological polar surface area (TPSA) is 44.9 Å². The van der Waals surface area contributed by atoms with E-state index in [1.807, 2.05) is 48.1 Å². The molecule has 3 heterocycles. The Hall–Kier alpha value is -4.38. The van der Waals surface area contributed by atoms with Gasteiger partial charge in [-0.25, -0.2) is 9.67 Å². The first kappa shape index (κ1) is 23.0. The van der Waals surface area contributed by atoms with Gasteiger partial charge in [-0.2, -0.15) is 5.10 Å². The largest absolute Gasteiger partial charge is 0.457 e. The summed E-state index contributed by atoms with van der Waals surface area (Å²) in [5.41, 5.74) is 6.52. The Kier molecular flexibility index (Phi) is 5.37. The maximum absolute atomic E-state index is 6.39. The van der Waals surface area contributed by atoms with Crippen LogP contribution in [0.25, 0.3) is 33.3 Å². The Morgan fingerprint density at radius 1 is 0.730 bits per heavy atom. The smallest absolute Gasteiger partial charge is 0.137 e. The molecule has 184 valence electrons. The molecule has 0 aliphatic carbocycles. The van der Waals surface area contributed by atoms with Gasteiger partial charge < -0.3 is 4.74 Å². The van der Waals surface area contributed by atoms with E-state index in [-0.39, 0.29) is 5.41 Å². The minimum absolute atomic E-state index is 0.0290. The van der Waals surface area contributed by atoms with Gasteiger partial charge in [-0.05, 0) is 73.4 Å². The average molecular weight is 487 g/mol. The van der Waals surface area contributed by atoms with E-state index >= 15 is 0 Å². The monoisotopic (exact) mass is 486 g/mol. The molecule has 0 saturated heterocycles. The molecule has 0 N–H and O–H groups in total. The number of ether oxygens (including phenoxy) is 1. The fraction of sp³-hybridized carbons (Fsp3) is 0.188. The molecule has 0 aliphatic rings. The Balaban J connectivity index is 1.46. The minimum atomic E-state index is 0.0290. The molecule has 0 unspecified atom stereocenters. The Morgan fingerprint density at radius 3 is 2.30 bits per heavy atom. The summed E-state index contributed by atoms with van der Waals surface area (Å²) in [6.45, 7) is 10.7. The van der Waals surface area contributed by atoms with Gasteiger partial charge in [0.05, 0.1) is 22.4 Å². The van der Waals surface area contributed by atoms with Gasteiger partial charge in [0.25, 0.3) is 0 Å². The van der Waals surface area contributed by atoms with Crippen LogP contribution >= 0.6 is 0 Å². The van der Waals surface area contributed by atoms with Gasteiger partial charge in [-0.15, -0.1) is 0 Å². The van der Waals surface area contributed by atoms with Gasteiger partial charge in [0.15, 0.2) is 0 Å². The summed E-state index contributed by atoms with van der Waals surface area (Å²) in [7, 11) is 0. The van der Waals surface area contributed by atoms with E-state index in [1.165, 1.54) is 16.3 Å². The van der Waals surface area contributed by atoms with E-state index in [2.05, 4.69) is 92.0 Å². The third-order valence-electron chi connectivity index (χ3n) is 6.79. The summed E-state index contributed by atoms with van der Waals surface area (Å²) < 4.78 is 10.6. The fourth-order valence-electron chi connectivity index (χ4n) is 4.97. The summed E-state index contributed by atoms with van der Waals surface area (Å²) in [5.74, 6) is 2.44. The molecular weight excluding hydrogens is 456 g/mol. The van der Waals surface area contributed by atoms with Crippen molar-refractivity contribution in [3.8, 4) is 23.0 Å². The maximum Gasteiger partial charge on any atom is 0.137 e. The van der Waals surface area contributed by atoms with E-state index in [4.69, 9.17) is 9.72 Å². The van der Waals surface area contributed by atoms with Crippen molar-refractivity contribution in [2.24, 2.45) is 0 Å². The second-order valence-electron chi connectivity index (χ2n) is 10.6. The molecule has 3 aromatic carbocycles. The normalized spacial score (nSPS) is 11.9. The van der Waals surface area contributed by atoms with Crippen molar-refractivity contribution in [3.05, 3.63) is 108 Å². The van der Waals surface area contributed by atoms with Gasteiger partial charge in [-0.1, -0.05) is 45.0 Å². The van der Waals surface area contributed by atoms with E-state index in [9.17, 15) is 0 Å². The number of benzene rings is 3. The first-order valence-corrected chi connectivity index (χ1v) is 12.6. The van der Waals surface area contributed by atoms with Gasteiger partial charge in [0.1, 0.15) is 17.3 Å². The lowest BCUT2D eigenvalue weighted by molar-refractivity contribution is 0.482. The number of nitrogens with zero attached hydrogens (tertiary/aromatic N) is 4. The quantitative estimate of drug-likeness (QED) is 0.253. The van der Waals surface area contributed by atoms with Crippen LogP contribution in [0, 0.1) is 13.8 Å². The summed E-state index contributed by atoms with van der Waals surface area (Å²) in [4.78, 5) is 4.78. The molecule has 0 fully saturated rings. The van der Waals surface area contributed by atoms with Crippen LogP contribution in [-0.2, 0) is 5.41 Å². The average Bonchev–Trinajstić information content (AvgIpc) is 3.39. The predicted octanol–water partition coefficient (Wildman–Crippen LogP) is 8.07.